The van der Waals surface area contributed by atoms with Gasteiger partial charge < -0.3 is 44.0 Å². The molecule has 4 amide bonds. The van der Waals surface area contributed by atoms with Gasteiger partial charge in [-0.1, -0.05) is 35.9 Å². The number of aryl methyl sites for hydroxylation is 1. The summed E-state index contributed by atoms with van der Waals surface area (Å²) in [4.78, 5) is 58.0. The van der Waals surface area contributed by atoms with Gasteiger partial charge in [-0.05, 0) is 91.1 Å². The summed E-state index contributed by atoms with van der Waals surface area (Å²) >= 11 is 6.13. The number of halogens is 4. The number of nitrogens with zero attached hydrogens (tertiary/aromatic N) is 4. The molecule has 4 aromatic carbocycles. The van der Waals surface area contributed by atoms with Crippen molar-refractivity contribution in [1.82, 2.24) is 35.3 Å². The van der Waals surface area contributed by atoms with Crippen LogP contribution in [0.25, 0.3) is 28.2 Å². The lowest BCUT2D eigenvalue weighted by atomic mass is 10.00. The van der Waals surface area contributed by atoms with Gasteiger partial charge in [0.2, 0.25) is 23.6 Å². The van der Waals surface area contributed by atoms with Gasteiger partial charge in [-0.15, -0.1) is 0 Å². The van der Waals surface area contributed by atoms with Crippen molar-refractivity contribution in [3.8, 4) is 34.6 Å². The zero-order chi connectivity index (χ0) is 48.5. The Morgan fingerprint density at radius 3 is 2.28 bits per heavy atom. The topological polar surface area (TPSA) is 208 Å². The lowest BCUT2D eigenvalue weighted by Crippen LogP contribution is -2.52. The monoisotopic (exact) mass is 973 g/mol. The fourth-order valence-corrected chi connectivity index (χ4v) is 7.99. The van der Waals surface area contributed by atoms with E-state index in [0.717, 1.165) is 17.7 Å². The largest absolute Gasteiger partial charge is 0.493 e. The number of carbonyl (C=O) groups is 4. The highest BCUT2D eigenvalue weighted by molar-refractivity contribution is 6.31. The molecule has 0 bridgehead atoms. The third-order valence-electron chi connectivity index (χ3n) is 11.3. The number of aromatic nitrogens is 4. The number of hydrogen-bond acceptors (Lipinski definition) is 12. The molecule has 8 rings (SSSR count). The van der Waals surface area contributed by atoms with E-state index >= 15 is 0 Å². The fraction of sp³-hybridized carbons (Fsp3) is 0.333. The zero-order valence-corrected chi connectivity index (χ0v) is 37.7. The third-order valence-corrected chi connectivity index (χ3v) is 11.6. The van der Waals surface area contributed by atoms with Crippen LogP contribution >= 0.6 is 11.6 Å². The number of fused-ring (bicyclic) bond motifs is 2. The normalized spacial score (nSPS) is 14.9. The van der Waals surface area contributed by atoms with Crippen LogP contribution in [-0.2, 0) is 54.2 Å². The summed E-state index contributed by atoms with van der Waals surface area (Å²) in [6, 6.07) is 21.3. The van der Waals surface area contributed by atoms with Crippen LogP contribution in [0.1, 0.15) is 45.5 Å². The summed E-state index contributed by atoms with van der Waals surface area (Å²) in [5.41, 5.74) is 3.63. The average Bonchev–Trinajstić information content (AvgIpc) is 4.01. The first kappa shape index (κ1) is 48.5. The van der Waals surface area contributed by atoms with Crippen LogP contribution in [0, 0.1) is 0 Å². The van der Waals surface area contributed by atoms with Crippen molar-refractivity contribution >= 4 is 46.3 Å². The summed E-state index contributed by atoms with van der Waals surface area (Å²) in [5, 5.41) is 21.5. The minimum atomic E-state index is -4.50. The van der Waals surface area contributed by atoms with Crippen molar-refractivity contribution in [2.45, 2.75) is 44.4 Å². The number of hydrogen-bond donors (Lipinski definition) is 4. The lowest BCUT2D eigenvalue weighted by Gasteiger charge is -2.29. The Hall–Kier alpha value is -7.00. The molecule has 4 heterocycles. The van der Waals surface area contributed by atoms with E-state index in [1.54, 1.807) is 36.4 Å². The van der Waals surface area contributed by atoms with E-state index in [1.807, 2.05) is 24.3 Å². The Bertz CT molecular complexity index is 2800. The maximum absolute atomic E-state index is 13.3. The van der Waals surface area contributed by atoms with E-state index in [4.69, 9.17) is 35.3 Å². The number of ether oxygens (including phenoxy) is 5. The molecule has 362 valence electrons. The number of amides is 4. The first-order chi connectivity index (χ1) is 33.3. The molecule has 4 N–H and O–H groups in total. The molecule has 6 aromatic rings. The van der Waals surface area contributed by atoms with Crippen molar-refractivity contribution in [2.75, 3.05) is 59.4 Å². The van der Waals surface area contributed by atoms with Gasteiger partial charge in [0.25, 0.3) is 11.8 Å². The number of aromatic hydroxyl groups is 1. The average molecular weight is 974 g/mol. The van der Waals surface area contributed by atoms with Crippen molar-refractivity contribution in [3.05, 3.63) is 118 Å². The molecule has 69 heavy (non-hydrogen) atoms. The van der Waals surface area contributed by atoms with Crippen LogP contribution < -0.4 is 20.1 Å². The highest BCUT2D eigenvalue weighted by Crippen LogP contribution is 2.36. The maximum atomic E-state index is 13.3. The van der Waals surface area contributed by atoms with E-state index in [9.17, 15) is 37.5 Å². The smallest absolute Gasteiger partial charge is 0.416 e. The third kappa shape index (κ3) is 12.2. The number of imidazole rings is 1. The van der Waals surface area contributed by atoms with Crippen LogP contribution in [0.5, 0.6) is 17.4 Å². The van der Waals surface area contributed by atoms with Crippen molar-refractivity contribution in [3.63, 3.8) is 0 Å². The standard InChI is InChI=1S/C48H47ClF3N7O10/c49-33-8-14-38-39(26-33)55-47(54-38)59-46(64)37(43(57-59)30-4-6-32(7-5-30)48(50,51)52)12-3-29-1-9-34(10-2-29)68-24-23-67-22-21-66-20-19-65-18-17-53-42(61)28-69-35-11-13-36-31(25-35)27-58(45(36)63)40-15-16-41(60)56-44(40)62/h1-2,4-11,13-14,25-26,40,64H,3,12,15-24,27-28H2,(H,53,61)(H,54,55)(H,56,60,62). The number of benzene rings is 4. The minimum absolute atomic E-state index is 0.169. The number of aromatic amines is 1. The van der Waals surface area contributed by atoms with Crippen LogP contribution in [0.15, 0.2) is 84.9 Å². The SMILES string of the molecule is O=C(COc1ccc2c(c1)CN(C1CCC(=O)NC1=O)C2=O)NCCOCCOCCOCCOc1ccc(CCc2c(-c3ccc(C(F)(F)F)cc3)nn(-c3nc4cc(Cl)ccc4[nH]3)c2O)cc1. The minimum Gasteiger partial charge on any atom is -0.493 e. The Morgan fingerprint density at radius 2 is 1.55 bits per heavy atom. The molecule has 0 aliphatic carbocycles. The molecule has 0 radical (unpaired) electrons. The van der Waals surface area contributed by atoms with Gasteiger partial charge in [0.05, 0.1) is 56.2 Å². The molecule has 2 aliphatic rings. The molecule has 0 saturated carbocycles. The molecule has 1 atom stereocenters. The van der Waals surface area contributed by atoms with Crippen LogP contribution in [0.2, 0.25) is 5.02 Å². The number of imide groups is 1. The molecule has 1 fully saturated rings. The summed E-state index contributed by atoms with van der Waals surface area (Å²) in [7, 11) is 0. The molecule has 1 saturated heterocycles. The molecule has 21 heteroatoms. The van der Waals surface area contributed by atoms with Crippen LogP contribution in [0.4, 0.5) is 13.2 Å². The van der Waals surface area contributed by atoms with E-state index < -0.39 is 23.7 Å². The summed E-state index contributed by atoms with van der Waals surface area (Å²) < 4.78 is 69.3. The predicted molar refractivity (Wildman–Crippen MR) is 243 cm³/mol. The first-order valence-corrected chi connectivity index (χ1v) is 22.4. The predicted octanol–water partition coefficient (Wildman–Crippen LogP) is 5.96. The summed E-state index contributed by atoms with van der Waals surface area (Å²) in [5.74, 6) is -0.416. The summed E-state index contributed by atoms with van der Waals surface area (Å²) in [6.07, 6.45) is -3.27. The highest BCUT2D eigenvalue weighted by atomic mass is 35.5. The molecule has 2 aromatic heterocycles. The van der Waals surface area contributed by atoms with Gasteiger partial charge in [0.1, 0.15) is 29.8 Å². The zero-order valence-electron chi connectivity index (χ0n) is 37.0. The van der Waals surface area contributed by atoms with Crippen LogP contribution in [-0.4, -0.2) is 119 Å². The fourth-order valence-electron chi connectivity index (χ4n) is 7.82. The number of H-pyrrole nitrogens is 1. The van der Waals surface area contributed by atoms with E-state index in [1.165, 1.54) is 21.7 Å². The second-order valence-corrected chi connectivity index (χ2v) is 16.5. The molecule has 2 aliphatic heterocycles. The number of carbonyl (C=O) groups excluding carboxylic acids is 4. The Kier molecular flexibility index (Phi) is 15.4. The number of alkyl halides is 3. The van der Waals surface area contributed by atoms with Gasteiger partial charge in [0, 0.05) is 41.2 Å². The second kappa shape index (κ2) is 22.0. The number of rotatable bonds is 22. The van der Waals surface area contributed by atoms with Gasteiger partial charge in [0.15, 0.2) is 6.61 Å². The maximum Gasteiger partial charge on any atom is 0.416 e. The molecule has 17 nitrogen and oxygen atoms in total. The van der Waals surface area contributed by atoms with Crippen LogP contribution in [0.3, 0.4) is 0 Å². The Balaban J connectivity index is 0.685. The lowest BCUT2D eigenvalue weighted by molar-refractivity contribution is -0.138. The molecular formula is C48H47ClF3N7O10. The van der Waals surface area contributed by atoms with Gasteiger partial charge >= 0.3 is 6.18 Å². The van der Waals surface area contributed by atoms with Gasteiger partial charge in [-0.2, -0.15) is 23.0 Å². The van der Waals surface area contributed by atoms with Crippen molar-refractivity contribution < 1.29 is 61.1 Å². The van der Waals surface area contributed by atoms with Gasteiger partial charge in [-0.3, -0.25) is 24.5 Å². The second-order valence-electron chi connectivity index (χ2n) is 16.0. The Morgan fingerprint density at radius 1 is 0.841 bits per heavy atom. The molecule has 1 unspecified atom stereocenters. The molecule has 0 spiro atoms. The van der Waals surface area contributed by atoms with E-state index in [0.29, 0.717) is 108 Å². The Labute approximate surface area is 397 Å². The number of nitrogens with one attached hydrogen (secondary N) is 3. The van der Waals surface area contributed by atoms with E-state index in [2.05, 4.69) is 25.7 Å². The highest BCUT2D eigenvalue weighted by Gasteiger charge is 2.39. The van der Waals surface area contributed by atoms with Crippen molar-refractivity contribution in [2.24, 2.45) is 0 Å². The number of piperidine rings is 1. The molecular weight excluding hydrogens is 927 g/mol. The first-order valence-electron chi connectivity index (χ1n) is 22.1. The van der Waals surface area contributed by atoms with Gasteiger partial charge in [-0.25, -0.2) is 4.98 Å². The van der Waals surface area contributed by atoms with Crippen molar-refractivity contribution in [1.29, 1.82) is 0 Å². The quantitative estimate of drug-likeness (QED) is 0.0459. The summed E-state index contributed by atoms with van der Waals surface area (Å²) in [6.45, 7) is 2.48. The van der Waals surface area contributed by atoms with E-state index in [-0.39, 0.29) is 68.7 Å².